The number of carbonyl (C=O) groups is 1. The van der Waals surface area contributed by atoms with Gasteiger partial charge in [-0.2, -0.15) is 0 Å². The molecule has 0 aliphatic carbocycles. The van der Waals surface area contributed by atoms with Crippen molar-refractivity contribution < 1.29 is 27.5 Å². The van der Waals surface area contributed by atoms with Crippen LogP contribution < -0.4 is 0 Å². The van der Waals surface area contributed by atoms with Crippen molar-refractivity contribution >= 4 is 28.9 Å². The molecular weight excluding hydrogens is 504 g/mol. The van der Waals surface area contributed by atoms with Crippen LogP contribution in [0.3, 0.4) is 0 Å². The van der Waals surface area contributed by atoms with Gasteiger partial charge in [-0.25, -0.2) is 22.5 Å². The number of aliphatic imine (C=N–C) groups is 2. The average Bonchev–Trinajstić information content (AvgIpc) is 3.42. The predicted octanol–water partition coefficient (Wildman–Crippen LogP) is 3.20. The van der Waals surface area contributed by atoms with Crippen LogP contribution in [0, 0.1) is 23.3 Å². The number of H-pyrrole nitrogens is 1. The molecule has 38 heavy (non-hydrogen) atoms. The number of rotatable bonds is 7. The first kappa shape index (κ1) is 26.0. The van der Waals surface area contributed by atoms with Gasteiger partial charge in [0.05, 0.1) is 11.0 Å². The van der Waals surface area contributed by atoms with Gasteiger partial charge in [-0.05, 0) is 38.2 Å². The summed E-state index contributed by atoms with van der Waals surface area (Å²) < 4.78 is 55.1. The molecule has 0 saturated carbocycles. The van der Waals surface area contributed by atoms with Gasteiger partial charge < -0.3 is 19.9 Å². The number of fused-ring (bicyclic) bond motifs is 2. The van der Waals surface area contributed by atoms with Gasteiger partial charge in [0.2, 0.25) is 0 Å². The van der Waals surface area contributed by atoms with E-state index in [9.17, 15) is 27.5 Å². The first-order chi connectivity index (χ1) is 18.1. The summed E-state index contributed by atoms with van der Waals surface area (Å²) >= 11 is 0. The Morgan fingerprint density at radius 1 is 1.16 bits per heavy atom. The predicted molar refractivity (Wildman–Crippen MR) is 134 cm³/mol. The summed E-state index contributed by atoms with van der Waals surface area (Å²) in [5, 5.41) is 10.6. The van der Waals surface area contributed by atoms with Gasteiger partial charge in [0, 0.05) is 61.7 Å². The van der Waals surface area contributed by atoms with Gasteiger partial charge in [-0.15, -0.1) is 0 Å². The van der Waals surface area contributed by atoms with Crippen molar-refractivity contribution in [1.29, 1.82) is 0 Å². The molecule has 3 aromatic rings. The maximum absolute atomic E-state index is 14.0. The minimum atomic E-state index is -1.47. The molecule has 2 atom stereocenters. The van der Waals surface area contributed by atoms with Gasteiger partial charge in [0.25, 0.3) is 5.91 Å². The fraction of sp³-hybridized carbons (Fsp3) is 0.385. The van der Waals surface area contributed by atoms with E-state index in [-0.39, 0.29) is 31.4 Å². The third kappa shape index (κ3) is 4.81. The van der Waals surface area contributed by atoms with Crippen LogP contribution >= 0.6 is 0 Å². The first-order valence-electron chi connectivity index (χ1n) is 12.2. The summed E-state index contributed by atoms with van der Waals surface area (Å²) in [5.41, 5.74) is 2.40. The number of imidazole rings is 1. The minimum Gasteiger partial charge on any atom is -0.371 e. The molecule has 2 aliphatic rings. The molecule has 1 amide bonds. The molecule has 1 aromatic heterocycles. The minimum absolute atomic E-state index is 0.0638. The van der Waals surface area contributed by atoms with Crippen molar-refractivity contribution in [2.75, 3.05) is 33.7 Å². The SMILES string of the molecule is CN(C)CCN1Cc2cc3[nH]c(C4C(=NCCc5c(F)c(F)cc(F)c5F)CC=NC4O)nc3cc2C1=O. The second-order valence-electron chi connectivity index (χ2n) is 9.68. The molecule has 2 aromatic carbocycles. The normalized spacial score (nSPS) is 20.4. The summed E-state index contributed by atoms with van der Waals surface area (Å²) in [6, 6.07) is 3.76. The lowest BCUT2D eigenvalue weighted by Crippen LogP contribution is -2.31. The van der Waals surface area contributed by atoms with Crippen LogP contribution in [0.25, 0.3) is 11.0 Å². The lowest BCUT2D eigenvalue weighted by molar-refractivity contribution is 0.0768. The number of halogens is 4. The fourth-order valence-electron chi connectivity index (χ4n) is 4.80. The van der Waals surface area contributed by atoms with Gasteiger partial charge >= 0.3 is 0 Å². The Labute approximate surface area is 215 Å². The largest absolute Gasteiger partial charge is 0.371 e. The van der Waals surface area contributed by atoms with Gasteiger partial charge in [0.1, 0.15) is 11.7 Å². The quantitative estimate of drug-likeness (QED) is 0.362. The molecule has 0 saturated heterocycles. The smallest absolute Gasteiger partial charge is 0.254 e. The summed E-state index contributed by atoms with van der Waals surface area (Å²) in [5.74, 6) is -6.31. The van der Waals surface area contributed by atoms with E-state index in [2.05, 4.69) is 20.0 Å². The maximum Gasteiger partial charge on any atom is 0.254 e. The van der Waals surface area contributed by atoms with Crippen LogP contribution in [-0.2, 0) is 13.0 Å². The second kappa shape index (κ2) is 10.3. The van der Waals surface area contributed by atoms with Crippen LogP contribution in [0.5, 0.6) is 0 Å². The summed E-state index contributed by atoms with van der Waals surface area (Å²) in [4.78, 5) is 32.9. The number of nitrogens with zero attached hydrogens (tertiary/aromatic N) is 5. The van der Waals surface area contributed by atoms with E-state index in [0.29, 0.717) is 41.2 Å². The number of benzene rings is 2. The standard InChI is InChI=1S/C26H26F4N6O2/c1-35(2)7-8-36-12-13-9-19-20(10-15(13)26(36)38)34-24(33-19)21-18(4-6-32-25(21)37)31-5-3-14-22(29)16(27)11-17(28)23(14)30/h6,9-11,21,25,37H,3-5,7-8,12H2,1-2H3,(H,33,34). The van der Waals surface area contributed by atoms with Crippen molar-refractivity contribution in [2.45, 2.75) is 31.5 Å². The van der Waals surface area contributed by atoms with E-state index >= 15 is 0 Å². The summed E-state index contributed by atoms with van der Waals surface area (Å²) in [6.45, 7) is 1.67. The molecule has 0 spiro atoms. The van der Waals surface area contributed by atoms with Crippen LogP contribution in [0.2, 0.25) is 0 Å². The Kier molecular flexibility index (Phi) is 7.01. The highest BCUT2D eigenvalue weighted by Crippen LogP contribution is 2.31. The van der Waals surface area contributed by atoms with E-state index in [1.54, 1.807) is 11.0 Å². The molecular formula is C26H26F4N6O2. The zero-order valence-corrected chi connectivity index (χ0v) is 20.8. The van der Waals surface area contributed by atoms with Crippen molar-refractivity contribution in [3.8, 4) is 0 Å². The Bertz CT molecular complexity index is 1440. The van der Waals surface area contributed by atoms with Crippen molar-refractivity contribution in [3.63, 3.8) is 0 Å². The monoisotopic (exact) mass is 530 g/mol. The highest BCUT2D eigenvalue weighted by molar-refractivity contribution is 6.03. The number of aromatic nitrogens is 2. The third-order valence-corrected chi connectivity index (χ3v) is 6.81. The number of nitrogens with one attached hydrogen (secondary N) is 1. The Morgan fingerprint density at radius 2 is 1.89 bits per heavy atom. The molecule has 3 heterocycles. The molecule has 5 rings (SSSR count). The highest BCUT2D eigenvalue weighted by Gasteiger charge is 2.33. The Hall–Kier alpha value is -3.64. The lowest BCUT2D eigenvalue weighted by atomic mass is 9.95. The van der Waals surface area contributed by atoms with Gasteiger partial charge in [-0.3, -0.25) is 14.8 Å². The van der Waals surface area contributed by atoms with Crippen LogP contribution in [0.15, 0.2) is 28.2 Å². The molecule has 0 bridgehead atoms. The Morgan fingerprint density at radius 3 is 2.61 bits per heavy atom. The van der Waals surface area contributed by atoms with E-state index < -0.39 is 41.0 Å². The molecule has 12 heteroatoms. The van der Waals surface area contributed by atoms with Crippen LogP contribution in [-0.4, -0.2) is 82.7 Å². The topological polar surface area (TPSA) is 97.2 Å². The third-order valence-electron chi connectivity index (χ3n) is 6.81. The van der Waals surface area contributed by atoms with Crippen molar-refractivity contribution in [1.82, 2.24) is 19.8 Å². The molecule has 0 fully saturated rings. The molecule has 200 valence electrons. The summed E-state index contributed by atoms with van der Waals surface area (Å²) in [7, 11) is 3.89. The zero-order valence-electron chi connectivity index (χ0n) is 20.8. The molecule has 8 nitrogen and oxygen atoms in total. The first-order valence-corrected chi connectivity index (χ1v) is 12.2. The van der Waals surface area contributed by atoms with Crippen LogP contribution in [0.1, 0.15) is 39.6 Å². The van der Waals surface area contributed by atoms with E-state index in [1.807, 2.05) is 25.1 Å². The van der Waals surface area contributed by atoms with Crippen molar-refractivity contribution in [3.05, 3.63) is 64.0 Å². The number of likely N-dealkylation sites (N-methyl/N-ethyl adjacent to an activating group) is 1. The maximum atomic E-state index is 14.0. The molecule has 2 N–H and O–H groups in total. The van der Waals surface area contributed by atoms with E-state index in [0.717, 1.165) is 12.1 Å². The number of carbonyl (C=O) groups excluding carboxylic acids is 1. The zero-order chi connectivity index (χ0) is 27.1. The number of amides is 1. The number of aliphatic hydroxyl groups excluding tert-OH is 1. The number of hydrogen-bond donors (Lipinski definition) is 2. The van der Waals surface area contributed by atoms with E-state index in [4.69, 9.17) is 0 Å². The fourth-order valence-corrected chi connectivity index (χ4v) is 4.80. The summed E-state index contributed by atoms with van der Waals surface area (Å²) in [6.07, 6.45) is 0.131. The second-order valence-corrected chi connectivity index (χ2v) is 9.68. The average molecular weight is 531 g/mol. The number of aliphatic hydroxyl groups is 1. The molecule has 0 radical (unpaired) electrons. The highest BCUT2D eigenvalue weighted by atomic mass is 19.2. The van der Waals surface area contributed by atoms with Gasteiger partial charge in [-0.1, -0.05) is 0 Å². The van der Waals surface area contributed by atoms with E-state index in [1.165, 1.54) is 6.21 Å². The molecule has 2 unspecified atom stereocenters. The van der Waals surface area contributed by atoms with Crippen molar-refractivity contribution in [2.24, 2.45) is 9.98 Å². The lowest BCUT2D eigenvalue weighted by Gasteiger charge is -2.23. The van der Waals surface area contributed by atoms with Crippen LogP contribution in [0.4, 0.5) is 17.6 Å². The Balaban J connectivity index is 1.39. The number of hydrogen-bond acceptors (Lipinski definition) is 6. The number of aromatic amines is 1. The van der Waals surface area contributed by atoms with Gasteiger partial charge in [0.15, 0.2) is 29.5 Å². The molecule has 2 aliphatic heterocycles.